The van der Waals surface area contributed by atoms with Crippen molar-refractivity contribution in [3.8, 4) is 0 Å². The molecule has 0 radical (unpaired) electrons. The van der Waals surface area contributed by atoms with Gasteiger partial charge in [0.05, 0.1) is 18.0 Å². The molecule has 1 aliphatic heterocycles. The maximum atomic E-state index is 7.96. The molecule has 4 aromatic carbocycles. The van der Waals surface area contributed by atoms with Crippen LogP contribution < -0.4 is 9.80 Å². The van der Waals surface area contributed by atoms with Crippen LogP contribution in [0.5, 0.6) is 0 Å². The molecule has 136 valence electrons. The lowest BCUT2D eigenvalue weighted by molar-refractivity contribution is 0.669. The van der Waals surface area contributed by atoms with Gasteiger partial charge in [-0.15, -0.1) is 0 Å². The molecule has 0 spiro atoms. The van der Waals surface area contributed by atoms with Crippen LogP contribution in [0.4, 0.5) is 17.1 Å². The van der Waals surface area contributed by atoms with Crippen LogP contribution in [0.2, 0.25) is 0 Å². The number of rotatable bonds is 1. The van der Waals surface area contributed by atoms with Gasteiger partial charge in [-0.05, 0) is 42.6 Å². The minimum absolute atomic E-state index is 0.269. The fourth-order valence-electron chi connectivity index (χ4n) is 4.40. The first-order valence-corrected chi connectivity index (χ1v) is 9.41. The molecule has 0 bridgehead atoms. The van der Waals surface area contributed by atoms with Gasteiger partial charge in [0.1, 0.15) is 11.2 Å². The van der Waals surface area contributed by atoms with Gasteiger partial charge in [-0.1, -0.05) is 42.5 Å². The van der Waals surface area contributed by atoms with Crippen molar-refractivity contribution < 1.29 is 8.53 Å². The van der Waals surface area contributed by atoms with E-state index in [1.54, 1.807) is 0 Å². The molecule has 0 atom stereocenters. The lowest BCUT2D eigenvalue weighted by Crippen LogP contribution is -2.24. The van der Waals surface area contributed by atoms with Crippen molar-refractivity contribution in [2.24, 2.45) is 0 Å². The molecule has 6 rings (SSSR count). The van der Waals surface area contributed by atoms with E-state index in [9.17, 15) is 0 Å². The second-order valence-electron chi connectivity index (χ2n) is 7.34. The predicted octanol–water partition coefficient (Wildman–Crippen LogP) is 6.59. The van der Waals surface area contributed by atoms with Crippen LogP contribution in [-0.2, 0) is 0 Å². The van der Waals surface area contributed by atoms with Crippen LogP contribution in [0.25, 0.3) is 32.7 Å². The summed E-state index contributed by atoms with van der Waals surface area (Å²) in [5.74, 6) is 0. The van der Waals surface area contributed by atoms with Crippen LogP contribution >= 0.6 is 0 Å². The van der Waals surface area contributed by atoms with E-state index in [1.165, 1.54) is 4.90 Å². The second kappa shape index (κ2) is 5.52. The Hall–Kier alpha value is -3.46. The molecule has 0 saturated carbocycles. The number of furan rings is 1. The molecule has 0 aliphatic carbocycles. The normalized spacial score (nSPS) is 15.8. The molecule has 2 heterocycles. The van der Waals surface area contributed by atoms with Gasteiger partial charge < -0.3 is 14.2 Å². The third-order valence-corrected chi connectivity index (χ3v) is 5.79. The van der Waals surface area contributed by atoms with Crippen LogP contribution in [0.3, 0.4) is 0 Å². The lowest BCUT2D eigenvalue weighted by atomic mass is 10.0. The Kier molecular flexibility index (Phi) is 2.53. The van der Waals surface area contributed by atoms with Gasteiger partial charge in [-0.3, -0.25) is 0 Å². The molecular weight excluding hydrogens is 344 g/mol. The van der Waals surface area contributed by atoms with E-state index in [0.29, 0.717) is 0 Å². The van der Waals surface area contributed by atoms with E-state index in [4.69, 9.17) is 8.53 Å². The van der Waals surface area contributed by atoms with Crippen LogP contribution in [-0.4, -0.2) is 13.6 Å². The topological polar surface area (TPSA) is 19.6 Å². The second-order valence-corrected chi connectivity index (χ2v) is 7.34. The Labute approximate surface area is 167 Å². The van der Waals surface area contributed by atoms with Crippen molar-refractivity contribution in [3.63, 3.8) is 0 Å². The van der Waals surface area contributed by atoms with Gasteiger partial charge in [0, 0.05) is 38.5 Å². The molecule has 0 amide bonds. The first-order chi connectivity index (χ1) is 14.9. The maximum absolute atomic E-state index is 7.96. The monoisotopic (exact) mass is 367 g/mol. The van der Waals surface area contributed by atoms with Gasteiger partial charge in [0.25, 0.3) is 0 Å². The number of hydrogen-bond donors (Lipinski definition) is 0. The first-order valence-electron chi connectivity index (χ1n) is 10.9. The Morgan fingerprint density at radius 3 is 2.39 bits per heavy atom. The molecule has 5 aromatic rings. The van der Waals surface area contributed by atoms with Crippen LogP contribution in [0.15, 0.2) is 77.2 Å². The number of fused-ring (bicyclic) bond motifs is 6. The number of para-hydroxylation sites is 2. The molecular formula is C25H20N2O. The predicted molar refractivity (Wildman–Crippen MR) is 118 cm³/mol. The SMILES string of the molecule is [2H]C([2H])([2H])N1CN(c2ccc3c(oc4c5ccccc5ccc34)c2C)c2ccccc21. The van der Waals surface area contributed by atoms with E-state index >= 15 is 0 Å². The zero-order valence-electron chi connectivity index (χ0n) is 18.4. The number of hydrogen-bond acceptors (Lipinski definition) is 3. The van der Waals surface area contributed by atoms with Gasteiger partial charge >= 0.3 is 0 Å². The van der Waals surface area contributed by atoms with Crippen molar-refractivity contribution >= 4 is 49.8 Å². The largest absolute Gasteiger partial charge is 0.455 e. The number of nitrogens with zero attached hydrogens (tertiary/aromatic N) is 2. The fraction of sp³-hybridized carbons (Fsp3) is 0.120. The molecule has 1 aliphatic rings. The van der Waals surface area contributed by atoms with E-state index < -0.39 is 6.98 Å². The van der Waals surface area contributed by atoms with E-state index in [-0.39, 0.29) is 6.67 Å². The molecule has 0 saturated heterocycles. The third kappa shape index (κ3) is 1.99. The highest BCUT2D eigenvalue weighted by molar-refractivity contribution is 6.16. The molecule has 3 nitrogen and oxygen atoms in total. The van der Waals surface area contributed by atoms with E-state index in [1.807, 2.05) is 43.3 Å². The van der Waals surface area contributed by atoms with Crippen molar-refractivity contribution in [1.29, 1.82) is 0 Å². The molecule has 1 aromatic heterocycles. The fourth-order valence-corrected chi connectivity index (χ4v) is 4.40. The highest BCUT2D eigenvalue weighted by Crippen LogP contribution is 2.44. The van der Waals surface area contributed by atoms with E-state index in [0.717, 1.165) is 55.3 Å². The molecule has 0 fully saturated rings. The molecule has 3 heteroatoms. The highest BCUT2D eigenvalue weighted by atomic mass is 16.3. The Morgan fingerprint density at radius 2 is 1.50 bits per heavy atom. The summed E-state index contributed by atoms with van der Waals surface area (Å²) in [5, 5.41) is 4.41. The first kappa shape index (κ1) is 12.8. The summed E-state index contributed by atoms with van der Waals surface area (Å²) in [6.45, 7) is 0.106. The van der Waals surface area contributed by atoms with Crippen molar-refractivity contribution in [2.75, 3.05) is 23.4 Å². The van der Waals surface area contributed by atoms with Gasteiger partial charge in [0.2, 0.25) is 0 Å². The standard InChI is InChI=1S/C25H20N2O/c1-16-21(27-15-26(2)22-9-5-6-10-23(22)27)14-13-19-20-12-11-17-7-3-4-8-18(17)25(20)28-24(16)19/h3-14H,15H2,1-2H3/i2D3. The average molecular weight is 367 g/mol. The summed E-state index contributed by atoms with van der Waals surface area (Å²) in [6.07, 6.45) is 0. The van der Waals surface area contributed by atoms with E-state index in [2.05, 4.69) is 41.3 Å². The van der Waals surface area contributed by atoms with Crippen LogP contribution in [0, 0.1) is 6.92 Å². The van der Waals surface area contributed by atoms with Gasteiger partial charge in [-0.2, -0.15) is 0 Å². The minimum atomic E-state index is -2.21. The summed E-state index contributed by atoms with van der Waals surface area (Å²) < 4.78 is 30.3. The zero-order valence-corrected chi connectivity index (χ0v) is 15.4. The van der Waals surface area contributed by atoms with Crippen molar-refractivity contribution in [1.82, 2.24) is 0 Å². The molecule has 0 unspecified atom stereocenters. The van der Waals surface area contributed by atoms with Gasteiger partial charge in [-0.25, -0.2) is 0 Å². The van der Waals surface area contributed by atoms with Crippen LogP contribution in [0.1, 0.15) is 9.68 Å². The molecule has 0 N–H and O–H groups in total. The molecule has 28 heavy (non-hydrogen) atoms. The minimum Gasteiger partial charge on any atom is -0.455 e. The summed E-state index contributed by atoms with van der Waals surface area (Å²) in [6, 6.07) is 24.3. The summed E-state index contributed by atoms with van der Waals surface area (Å²) in [7, 11) is 0. The Morgan fingerprint density at radius 1 is 0.750 bits per heavy atom. The Balaban J connectivity index is 1.57. The highest BCUT2D eigenvalue weighted by Gasteiger charge is 2.26. The number of aryl methyl sites for hydroxylation is 1. The zero-order chi connectivity index (χ0) is 21.3. The van der Waals surface area contributed by atoms with Crippen molar-refractivity contribution in [3.05, 3.63) is 78.4 Å². The quantitative estimate of drug-likeness (QED) is 0.333. The summed E-state index contributed by atoms with van der Waals surface area (Å²) in [5.41, 5.74) is 5.29. The summed E-state index contributed by atoms with van der Waals surface area (Å²) >= 11 is 0. The maximum Gasteiger partial charge on any atom is 0.143 e. The number of benzene rings is 4. The summed E-state index contributed by atoms with van der Waals surface area (Å²) in [4.78, 5) is 3.53. The third-order valence-electron chi connectivity index (χ3n) is 5.79. The number of anilines is 3. The van der Waals surface area contributed by atoms with Crippen molar-refractivity contribution in [2.45, 2.75) is 6.92 Å². The Bertz CT molecular complexity index is 1490. The smallest absolute Gasteiger partial charge is 0.143 e. The van der Waals surface area contributed by atoms with Gasteiger partial charge in [0.15, 0.2) is 0 Å². The lowest BCUT2D eigenvalue weighted by Gasteiger charge is -2.21. The average Bonchev–Trinajstić information content (AvgIpc) is 3.34.